The summed E-state index contributed by atoms with van der Waals surface area (Å²) in [5.41, 5.74) is 0. The van der Waals surface area contributed by atoms with Gasteiger partial charge in [0.1, 0.15) is 0 Å². The predicted octanol–water partition coefficient (Wildman–Crippen LogP) is 2.57. The Kier molecular flexibility index (Phi) is 10.5. The van der Waals surface area contributed by atoms with Crippen molar-refractivity contribution in [3.63, 3.8) is 0 Å². The van der Waals surface area contributed by atoms with Crippen LogP contribution in [0.5, 0.6) is 0 Å². The minimum absolute atomic E-state index is 0.251. The van der Waals surface area contributed by atoms with Crippen LogP contribution >= 0.6 is 0 Å². The summed E-state index contributed by atoms with van der Waals surface area (Å²) in [6, 6.07) is -0.322. The second-order valence-corrected chi connectivity index (χ2v) is 9.53. The summed E-state index contributed by atoms with van der Waals surface area (Å²) in [4.78, 5) is 0. The van der Waals surface area contributed by atoms with Gasteiger partial charge in [-0.1, -0.05) is 45.4 Å². The minimum Gasteiger partial charge on any atom is -0.394 e. The first kappa shape index (κ1) is 21.8. The van der Waals surface area contributed by atoms with E-state index < -0.39 is 20.9 Å². The molecule has 0 saturated carbocycles. The lowest BCUT2D eigenvalue weighted by Crippen LogP contribution is -2.46. The Hall–Kier alpha value is -0.170. The largest absolute Gasteiger partial charge is 0.394 e. The molecular weight excluding hydrogens is 302 g/mol. The van der Waals surface area contributed by atoms with Gasteiger partial charge in [0.05, 0.1) is 17.5 Å². The molecule has 0 rings (SSSR count). The fraction of sp³-hybridized carbons (Fsp3) is 1.00. The van der Waals surface area contributed by atoms with Gasteiger partial charge in [0.2, 0.25) is 10.0 Å². The lowest BCUT2D eigenvalue weighted by Gasteiger charge is -2.26. The zero-order valence-electron chi connectivity index (χ0n) is 14.6. The number of aliphatic hydroxyl groups is 2. The standard InChI is InChI=1S/C16H35NO4S/c1-5-6-7-8-9-10-11-14(12-15(19)13-18)17-22(20,21)16(2,3)4/h14-15,17-19H,5-13H2,1-4H3/t14-,15+/m1/s1. The Labute approximate surface area is 136 Å². The first-order valence-electron chi connectivity index (χ1n) is 8.44. The van der Waals surface area contributed by atoms with Crippen molar-refractivity contribution in [2.75, 3.05) is 6.61 Å². The molecule has 0 aromatic carbocycles. The normalized spacial score (nSPS) is 15.7. The third-order valence-corrected chi connectivity index (χ3v) is 6.06. The number of hydrogen-bond donors (Lipinski definition) is 3. The van der Waals surface area contributed by atoms with Crippen molar-refractivity contribution < 1.29 is 18.6 Å². The Morgan fingerprint density at radius 1 is 1.05 bits per heavy atom. The number of hydrogen-bond acceptors (Lipinski definition) is 4. The molecule has 2 atom stereocenters. The van der Waals surface area contributed by atoms with Crippen molar-refractivity contribution in [2.45, 2.75) is 96.0 Å². The number of rotatable bonds is 12. The summed E-state index contributed by atoms with van der Waals surface area (Å²) in [5, 5.41) is 18.6. The van der Waals surface area contributed by atoms with Gasteiger partial charge in [-0.2, -0.15) is 0 Å². The number of sulfonamides is 1. The molecule has 0 amide bonds. The van der Waals surface area contributed by atoms with E-state index in [1.54, 1.807) is 20.8 Å². The highest BCUT2D eigenvalue weighted by Gasteiger charge is 2.31. The van der Waals surface area contributed by atoms with E-state index in [-0.39, 0.29) is 19.1 Å². The minimum atomic E-state index is -3.44. The molecule has 3 N–H and O–H groups in total. The molecule has 134 valence electrons. The van der Waals surface area contributed by atoms with Crippen molar-refractivity contribution in [2.24, 2.45) is 0 Å². The van der Waals surface area contributed by atoms with Crippen LogP contribution in [0.1, 0.15) is 79.1 Å². The van der Waals surface area contributed by atoms with Gasteiger partial charge in [-0.3, -0.25) is 0 Å². The van der Waals surface area contributed by atoms with E-state index >= 15 is 0 Å². The monoisotopic (exact) mass is 337 g/mol. The molecule has 0 spiro atoms. The predicted molar refractivity (Wildman–Crippen MR) is 91.3 cm³/mol. The summed E-state index contributed by atoms with van der Waals surface area (Å²) < 4.78 is 26.3. The highest BCUT2D eigenvalue weighted by atomic mass is 32.2. The van der Waals surface area contributed by atoms with Gasteiger partial charge in [-0.25, -0.2) is 13.1 Å². The molecule has 6 heteroatoms. The third-order valence-electron chi connectivity index (χ3n) is 3.80. The zero-order chi connectivity index (χ0) is 17.2. The second kappa shape index (κ2) is 10.6. The summed E-state index contributed by atoms with van der Waals surface area (Å²) in [5.74, 6) is 0. The average Bonchev–Trinajstić information content (AvgIpc) is 2.40. The van der Waals surface area contributed by atoms with Gasteiger partial charge in [-0.15, -0.1) is 0 Å². The van der Waals surface area contributed by atoms with Gasteiger partial charge in [-0.05, 0) is 33.6 Å². The molecule has 0 unspecified atom stereocenters. The van der Waals surface area contributed by atoms with Gasteiger partial charge < -0.3 is 10.2 Å². The summed E-state index contributed by atoms with van der Waals surface area (Å²) in [6.07, 6.45) is 6.89. The summed E-state index contributed by atoms with van der Waals surface area (Å²) in [7, 11) is -3.44. The molecule has 0 aliphatic heterocycles. The Morgan fingerprint density at radius 3 is 2.09 bits per heavy atom. The van der Waals surface area contributed by atoms with Crippen LogP contribution in [-0.4, -0.2) is 42.1 Å². The van der Waals surface area contributed by atoms with E-state index in [1.165, 1.54) is 19.3 Å². The van der Waals surface area contributed by atoms with E-state index in [2.05, 4.69) is 11.6 Å². The van der Waals surface area contributed by atoms with Crippen LogP contribution in [0.25, 0.3) is 0 Å². The van der Waals surface area contributed by atoms with Crippen molar-refractivity contribution in [1.29, 1.82) is 0 Å². The highest BCUT2D eigenvalue weighted by Crippen LogP contribution is 2.18. The lowest BCUT2D eigenvalue weighted by atomic mass is 10.0. The van der Waals surface area contributed by atoms with Crippen LogP contribution in [0.4, 0.5) is 0 Å². The fourth-order valence-corrected chi connectivity index (χ4v) is 3.20. The molecule has 0 aliphatic carbocycles. The fourth-order valence-electron chi connectivity index (χ4n) is 2.20. The van der Waals surface area contributed by atoms with E-state index in [4.69, 9.17) is 5.11 Å². The first-order valence-corrected chi connectivity index (χ1v) is 9.93. The maximum Gasteiger partial charge on any atom is 0.216 e. The van der Waals surface area contributed by atoms with Crippen molar-refractivity contribution >= 4 is 10.0 Å². The van der Waals surface area contributed by atoms with Crippen LogP contribution in [0, 0.1) is 0 Å². The van der Waals surface area contributed by atoms with Gasteiger partial charge in [0, 0.05) is 6.04 Å². The lowest BCUT2D eigenvalue weighted by molar-refractivity contribution is 0.0801. The van der Waals surface area contributed by atoms with E-state index in [1.807, 2.05) is 0 Å². The molecule has 22 heavy (non-hydrogen) atoms. The van der Waals surface area contributed by atoms with Gasteiger partial charge >= 0.3 is 0 Å². The van der Waals surface area contributed by atoms with Crippen LogP contribution in [0.2, 0.25) is 0 Å². The highest BCUT2D eigenvalue weighted by molar-refractivity contribution is 7.90. The van der Waals surface area contributed by atoms with Crippen molar-refractivity contribution in [3.05, 3.63) is 0 Å². The third kappa shape index (κ3) is 9.08. The maximum atomic E-state index is 12.3. The molecule has 0 fully saturated rings. The Balaban J connectivity index is 4.45. The summed E-state index contributed by atoms with van der Waals surface area (Å²) in [6.45, 7) is 6.79. The molecular formula is C16H35NO4S. The first-order chi connectivity index (χ1) is 10.1. The molecule has 0 radical (unpaired) electrons. The van der Waals surface area contributed by atoms with Crippen LogP contribution < -0.4 is 4.72 Å². The maximum absolute atomic E-state index is 12.3. The topological polar surface area (TPSA) is 86.6 Å². The quantitative estimate of drug-likeness (QED) is 0.478. The molecule has 0 bridgehead atoms. The van der Waals surface area contributed by atoms with Crippen LogP contribution in [0.3, 0.4) is 0 Å². The number of unbranched alkanes of at least 4 members (excludes halogenated alkanes) is 5. The summed E-state index contributed by atoms with van der Waals surface area (Å²) >= 11 is 0. The molecule has 0 aliphatic rings. The van der Waals surface area contributed by atoms with E-state index in [0.717, 1.165) is 19.3 Å². The average molecular weight is 338 g/mol. The van der Waals surface area contributed by atoms with Crippen molar-refractivity contribution in [3.8, 4) is 0 Å². The smallest absolute Gasteiger partial charge is 0.216 e. The molecule has 0 heterocycles. The number of aliphatic hydroxyl groups excluding tert-OH is 2. The van der Waals surface area contributed by atoms with Crippen LogP contribution in [-0.2, 0) is 10.0 Å². The van der Waals surface area contributed by atoms with E-state index in [0.29, 0.717) is 6.42 Å². The molecule has 0 saturated heterocycles. The molecule has 0 aromatic rings. The molecule has 0 aromatic heterocycles. The second-order valence-electron chi connectivity index (χ2n) is 7.06. The Bertz CT molecular complexity index is 376. The SMILES string of the molecule is CCCCCCCC[C@H](C[C@H](O)CO)NS(=O)(=O)C(C)(C)C. The van der Waals surface area contributed by atoms with Gasteiger partial charge in [0.15, 0.2) is 0 Å². The van der Waals surface area contributed by atoms with Crippen LogP contribution in [0.15, 0.2) is 0 Å². The zero-order valence-corrected chi connectivity index (χ0v) is 15.5. The van der Waals surface area contributed by atoms with Crippen molar-refractivity contribution in [1.82, 2.24) is 4.72 Å². The van der Waals surface area contributed by atoms with Gasteiger partial charge in [0.25, 0.3) is 0 Å². The molecule has 5 nitrogen and oxygen atoms in total. The van der Waals surface area contributed by atoms with E-state index in [9.17, 15) is 13.5 Å². The Morgan fingerprint density at radius 2 is 1.59 bits per heavy atom. The number of nitrogens with one attached hydrogen (secondary N) is 1.